The van der Waals surface area contributed by atoms with Crippen LogP contribution in [0.1, 0.15) is 10.4 Å². The largest absolute Gasteiger partial charge is 0.573 e. The number of terminal acetylenes is 1. The summed E-state index contributed by atoms with van der Waals surface area (Å²) in [4.78, 5) is 11.4. The number of ether oxygens (including phenoxy) is 1. The van der Waals surface area contributed by atoms with E-state index >= 15 is 0 Å². The van der Waals surface area contributed by atoms with Gasteiger partial charge in [0.25, 0.3) is 5.91 Å². The quantitative estimate of drug-likeness (QED) is 0.824. The van der Waals surface area contributed by atoms with E-state index in [0.29, 0.717) is 0 Å². The number of hydrogen-bond donors (Lipinski definition) is 2. The van der Waals surface area contributed by atoms with Gasteiger partial charge in [0.1, 0.15) is 0 Å². The van der Waals surface area contributed by atoms with Gasteiger partial charge in [-0.25, -0.2) is 0 Å². The molecule has 1 amide bonds. The van der Waals surface area contributed by atoms with Gasteiger partial charge in [0.05, 0.1) is 12.2 Å². The molecule has 0 bridgehead atoms. The third-order valence-corrected chi connectivity index (χ3v) is 2.08. The molecule has 0 radical (unpaired) electrons. The highest BCUT2D eigenvalue weighted by Gasteiger charge is 2.32. The van der Waals surface area contributed by atoms with E-state index in [4.69, 9.17) is 6.42 Å². The molecule has 0 fully saturated rings. The zero-order valence-electron chi connectivity index (χ0n) is 9.97. The second-order valence-corrected chi connectivity index (χ2v) is 3.40. The van der Waals surface area contributed by atoms with Crippen molar-refractivity contribution in [2.75, 3.05) is 18.9 Å². The summed E-state index contributed by atoms with van der Waals surface area (Å²) in [7, 11) is 1.37. The molecule has 0 aliphatic rings. The molecule has 2 N–H and O–H groups in total. The maximum Gasteiger partial charge on any atom is 0.573 e. The minimum atomic E-state index is -4.85. The van der Waals surface area contributed by atoms with Crippen LogP contribution in [-0.4, -0.2) is 25.9 Å². The smallest absolute Gasteiger partial charge is 0.404 e. The maximum atomic E-state index is 12.3. The number of rotatable bonds is 4. The highest BCUT2D eigenvalue weighted by molar-refractivity contribution is 5.95. The van der Waals surface area contributed by atoms with Gasteiger partial charge >= 0.3 is 6.36 Å². The Bertz CT molecular complexity index is 507. The van der Waals surface area contributed by atoms with E-state index in [1.807, 2.05) is 0 Å². The second-order valence-electron chi connectivity index (χ2n) is 3.40. The van der Waals surface area contributed by atoms with E-state index in [-0.39, 0.29) is 17.8 Å². The fraction of sp³-hybridized carbons (Fsp3) is 0.250. The Labute approximate surface area is 107 Å². The van der Waals surface area contributed by atoms with Gasteiger partial charge in [-0.2, -0.15) is 0 Å². The average molecular weight is 272 g/mol. The van der Waals surface area contributed by atoms with E-state index in [1.165, 1.54) is 19.2 Å². The molecule has 0 aliphatic carbocycles. The molecule has 0 aliphatic heterocycles. The number of alkyl halides is 3. The number of carbonyl (C=O) groups is 1. The first kappa shape index (κ1) is 14.7. The maximum absolute atomic E-state index is 12.3. The zero-order chi connectivity index (χ0) is 14.5. The van der Waals surface area contributed by atoms with Crippen LogP contribution in [0.2, 0.25) is 0 Å². The molecule has 1 rings (SSSR count). The van der Waals surface area contributed by atoms with Crippen LogP contribution in [-0.2, 0) is 0 Å². The van der Waals surface area contributed by atoms with Crippen molar-refractivity contribution in [3.63, 3.8) is 0 Å². The molecule has 102 valence electrons. The summed E-state index contributed by atoms with van der Waals surface area (Å²) in [5.74, 6) is 1.20. The lowest BCUT2D eigenvalue weighted by atomic mass is 10.1. The van der Waals surface area contributed by atoms with Crippen molar-refractivity contribution >= 4 is 11.6 Å². The third-order valence-electron chi connectivity index (χ3n) is 2.08. The summed E-state index contributed by atoms with van der Waals surface area (Å²) in [5, 5.41) is 4.88. The van der Waals surface area contributed by atoms with Gasteiger partial charge in [0, 0.05) is 12.6 Å². The molecule has 0 saturated carbocycles. The van der Waals surface area contributed by atoms with Gasteiger partial charge in [-0.15, -0.1) is 19.6 Å². The molecule has 0 saturated heterocycles. The fourth-order valence-electron chi connectivity index (χ4n) is 1.31. The molecule has 0 unspecified atom stereocenters. The van der Waals surface area contributed by atoms with Crippen LogP contribution < -0.4 is 15.4 Å². The number of anilines is 1. The summed E-state index contributed by atoms with van der Waals surface area (Å²) in [6.07, 6.45) is 0.160. The lowest BCUT2D eigenvalue weighted by Gasteiger charge is -2.14. The normalized spacial score (nSPS) is 10.5. The Kier molecular flexibility index (Phi) is 4.64. The highest BCUT2D eigenvalue weighted by atomic mass is 19.4. The van der Waals surface area contributed by atoms with Crippen molar-refractivity contribution in [2.45, 2.75) is 6.36 Å². The molecule has 1 aromatic carbocycles. The molecule has 7 heteroatoms. The monoisotopic (exact) mass is 272 g/mol. The van der Waals surface area contributed by atoms with Crippen LogP contribution in [0.25, 0.3) is 0 Å². The molecule has 0 aromatic heterocycles. The van der Waals surface area contributed by atoms with Crippen molar-refractivity contribution in [1.29, 1.82) is 0 Å². The van der Waals surface area contributed by atoms with Gasteiger partial charge in [-0.05, 0) is 18.2 Å². The third kappa shape index (κ3) is 4.43. The van der Waals surface area contributed by atoms with Crippen LogP contribution in [0.4, 0.5) is 18.9 Å². The molecule has 19 heavy (non-hydrogen) atoms. The van der Waals surface area contributed by atoms with E-state index in [9.17, 15) is 18.0 Å². The summed E-state index contributed by atoms with van der Waals surface area (Å²) >= 11 is 0. The lowest BCUT2D eigenvalue weighted by Crippen LogP contribution is -2.20. The van der Waals surface area contributed by atoms with Crippen molar-refractivity contribution < 1.29 is 22.7 Å². The predicted octanol–water partition coefficient (Wildman–Crippen LogP) is 1.99. The Morgan fingerprint density at radius 2 is 2.16 bits per heavy atom. The first-order valence-corrected chi connectivity index (χ1v) is 5.16. The van der Waals surface area contributed by atoms with Crippen LogP contribution >= 0.6 is 0 Å². The summed E-state index contributed by atoms with van der Waals surface area (Å²) in [6, 6.07) is 3.65. The Hall–Kier alpha value is -2.36. The van der Waals surface area contributed by atoms with Crippen molar-refractivity contribution in [3.8, 4) is 18.1 Å². The molecule has 0 atom stereocenters. The minimum absolute atomic E-state index is 0.0353. The number of benzene rings is 1. The van der Waals surface area contributed by atoms with E-state index in [1.54, 1.807) is 0 Å². The van der Waals surface area contributed by atoms with E-state index < -0.39 is 18.0 Å². The Morgan fingerprint density at radius 1 is 1.47 bits per heavy atom. The second kappa shape index (κ2) is 6.00. The molecule has 0 heterocycles. The minimum Gasteiger partial charge on any atom is -0.404 e. The molecule has 1 aromatic rings. The van der Waals surface area contributed by atoms with E-state index in [0.717, 1.165) is 6.07 Å². The SMILES string of the molecule is C#CCNc1ccc(C(=O)NC)cc1OC(F)(F)F. The molecule has 0 spiro atoms. The van der Waals surface area contributed by atoms with Gasteiger partial charge in [0.15, 0.2) is 5.75 Å². The number of halogens is 3. The number of carbonyl (C=O) groups excluding carboxylic acids is 1. The highest BCUT2D eigenvalue weighted by Crippen LogP contribution is 2.31. The van der Waals surface area contributed by atoms with Crippen LogP contribution in [0, 0.1) is 12.3 Å². The average Bonchev–Trinajstić information content (AvgIpc) is 2.34. The fourth-order valence-corrected chi connectivity index (χ4v) is 1.31. The topological polar surface area (TPSA) is 50.4 Å². The van der Waals surface area contributed by atoms with Crippen LogP contribution in [0.3, 0.4) is 0 Å². The standard InChI is InChI=1S/C12H11F3N2O2/c1-3-6-17-9-5-4-8(11(18)16-2)7-10(9)19-12(13,14)15/h1,4-5,7,17H,6H2,2H3,(H,16,18). The first-order valence-electron chi connectivity index (χ1n) is 5.16. The lowest BCUT2D eigenvalue weighted by molar-refractivity contribution is -0.274. The zero-order valence-corrected chi connectivity index (χ0v) is 9.97. The summed E-state index contributed by atoms with van der Waals surface area (Å²) in [5.41, 5.74) is 0.107. The predicted molar refractivity (Wildman–Crippen MR) is 63.8 cm³/mol. The number of nitrogens with one attached hydrogen (secondary N) is 2. The summed E-state index contributed by atoms with van der Waals surface area (Å²) < 4.78 is 40.7. The van der Waals surface area contributed by atoms with Crippen molar-refractivity contribution in [1.82, 2.24) is 5.32 Å². The van der Waals surface area contributed by atoms with Crippen LogP contribution in [0.15, 0.2) is 18.2 Å². The first-order chi connectivity index (χ1) is 8.87. The molecular formula is C12H11F3N2O2. The summed E-state index contributed by atoms with van der Waals surface area (Å²) in [6.45, 7) is 0.0353. The molecule has 4 nitrogen and oxygen atoms in total. The number of hydrogen-bond acceptors (Lipinski definition) is 3. The van der Waals surface area contributed by atoms with Gasteiger partial charge < -0.3 is 15.4 Å². The van der Waals surface area contributed by atoms with Crippen molar-refractivity contribution in [2.24, 2.45) is 0 Å². The van der Waals surface area contributed by atoms with E-state index in [2.05, 4.69) is 21.3 Å². The van der Waals surface area contributed by atoms with Crippen molar-refractivity contribution in [3.05, 3.63) is 23.8 Å². The van der Waals surface area contributed by atoms with Gasteiger partial charge in [-0.1, -0.05) is 5.92 Å². The van der Waals surface area contributed by atoms with Gasteiger partial charge in [0.2, 0.25) is 0 Å². The van der Waals surface area contributed by atoms with Gasteiger partial charge in [-0.3, -0.25) is 4.79 Å². The molecular weight excluding hydrogens is 261 g/mol. The Balaban J connectivity index is 3.11. The number of amides is 1. The van der Waals surface area contributed by atoms with Crippen LogP contribution in [0.5, 0.6) is 5.75 Å². The Morgan fingerprint density at radius 3 is 2.68 bits per heavy atom.